The van der Waals surface area contributed by atoms with E-state index in [1.807, 2.05) is 0 Å². The summed E-state index contributed by atoms with van der Waals surface area (Å²) in [4.78, 5) is 17.1. The molecule has 13 heteroatoms. The van der Waals surface area contributed by atoms with Crippen LogP contribution in [0.3, 0.4) is 0 Å². The van der Waals surface area contributed by atoms with Crippen molar-refractivity contribution in [1.82, 2.24) is 4.98 Å². The number of aryl methyl sites for hydroxylation is 1. The van der Waals surface area contributed by atoms with Gasteiger partial charge in [0.05, 0.1) is 33.4 Å². The van der Waals surface area contributed by atoms with Crippen LogP contribution in [-0.2, 0) is 21.0 Å². The molecule has 0 saturated heterocycles. The minimum Gasteiger partial charge on any atom is -0.489 e. The molecule has 2 heterocycles. The Kier molecular flexibility index (Phi) is 7.07. The molecule has 0 fully saturated rings. The summed E-state index contributed by atoms with van der Waals surface area (Å²) in [6, 6.07) is 8.79. The maximum atomic E-state index is 13.3. The van der Waals surface area contributed by atoms with Gasteiger partial charge in [-0.25, -0.2) is 13.4 Å². The van der Waals surface area contributed by atoms with Gasteiger partial charge in [0.2, 0.25) is 5.91 Å². The van der Waals surface area contributed by atoms with E-state index in [9.17, 15) is 26.4 Å². The monoisotopic (exact) mass is 552 g/mol. The Hall–Kier alpha value is -3.77. The first-order valence-corrected chi connectivity index (χ1v) is 12.6. The molecule has 1 aliphatic heterocycles. The van der Waals surface area contributed by atoms with Crippen molar-refractivity contribution in [2.45, 2.75) is 18.0 Å². The second kappa shape index (κ2) is 9.94. The zero-order valence-corrected chi connectivity index (χ0v) is 20.8. The van der Waals surface area contributed by atoms with Crippen molar-refractivity contribution in [3.63, 3.8) is 0 Å². The van der Waals surface area contributed by atoms with Gasteiger partial charge in [0.25, 0.3) is 10.0 Å². The Morgan fingerprint density at radius 1 is 1.22 bits per heavy atom. The molecule has 1 aromatic heterocycles. The maximum absolute atomic E-state index is 13.3. The van der Waals surface area contributed by atoms with Gasteiger partial charge in [-0.2, -0.15) is 13.2 Å². The number of nitrogens with one attached hydrogen (secondary N) is 2. The lowest BCUT2D eigenvalue weighted by atomic mass is 10.2. The number of fused-ring (bicyclic) bond motifs is 1. The molecule has 2 N–H and O–H groups in total. The second-order valence-electron chi connectivity index (χ2n) is 8.00. The normalized spacial score (nSPS) is 13.4. The molecule has 8 nitrogen and oxygen atoms in total. The fourth-order valence-corrected chi connectivity index (χ4v) is 4.96. The lowest BCUT2D eigenvalue weighted by Gasteiger charge is -2.32. The van der Waals surface area contributed by atoms with Crippen LogP contribution >= 0.6 is 11.6 Å². The van der Waals surface area contributed by atoms with Crippen LogP contribution in [0.1, 0.15) is 11.1 Å². The first-order chi connectivity index (χ1) is 17.4. The molecule has 1 amide bonds. The van der Waals surface area contributed by atoms with E-state index in [1.165, 1.54) is 12.3 Å². The fourth-order valence-electron chi connectivity index (χ4n) is 3.66. The van der Waals surface area contributed by atoms with E-state index >= 15 is 0 Å². The average Bonchev–Trinajstić information content (AvgIpc) is 2.83. The number of rotatable bonds is 6. The highest BCUT2D eigenvalue weighted by molar-refractivity contribution is 7.92. The number of aromatic nitrogens is 1. The molecular formula is C24H20ClF3N4O4S. The third-order valence-electron chi connectivity index (χ3n) is 5.33. The quantitative estimate of drug-likeness (QED) is 0.391. The smallest absolute Gasteiger partial charge is 0.417 e. The van der Waals surface area contributed by atoms with Crippen molar-refractivity contribution in [3.8, 4) is 5.75 Å². The number of pyridine rings is 1. The lowest BCUT2D eigenvalue weighted by molar-refractivity contribution is -0.137. The van der Waals surface area contributed by atoms with Crippen molar-refractivity contribution >= 4 is 50.4 Å². The van der Waals surface area contributed by atoms with Gasteiger partial charge in [-0.15, -0.1) is 0 Å². The van der Waals surface area contributed by atoms with Crippen LogP contribution in [0, 0.1) is 6.92 Å². The number of anilines is 4. The van der Waals surface area contributed by atoms with E-state index < -0.39 is 37.6 Å². The number of carbonyl (C=O) groups is 1. The molecule has 1 aliphatic rings. The van der Waals surface area contributed by atoms with E-state index in [0.717, 1.165) is 18.2 Å². The highest BCUT2D eigenvalue weighted by Crippen LogP contribution is 2.41. The number of halogens is 4. The standard InChI is InChI=1S/C24H20ClF3N4O4S/c1-3-22(33)30-15-4-7-20-21(11-15)36-9-8-32(20)23-19(10-14(2)13-29-23)31-37(34,35)16-5-6-18(25)17(12-16)24(26,27)28/h3-7,10-13,31H,1,8-9H2,2H3,(H,30,33). The van der Waals surface area contributed by atoms with Crippen LogP contribution in [0.5, 0.6) is 5.75 Å². The van der Waals surface area contributed by atoms with Crippen LogP contribution in [0.25, 0.3) is 0 Å². The minimum absolute atomic E-state index is 0.0559. The molecule has 0 bridgehead atoms. The Morgan fingerprint density at radius 2 is 1.97 bits per heavy atom. The number of ether oxygens (including phenoxy) is 1. The topological polar surface area (TPSA) is 101 Å². The zero-order chi connectivity index (χ0) is 27.0. The van der Waals surface area contributed by atoms with Gasteiger partial charge in [-0.05, 0) is 55.0 Å². The van der Waals surface area contributed by atoms with Crippen molar-refractivity contribution in [1.29, 1.82) is 0 Å². The molecule has 0 unspecified atom stereocenters. The van der Waals surface area contributed by atoms with E-state index in [4.69, 9.17) is 16.3 Å². The summed E-state index contributed by atoms with van der Waals surface area (Å²) in [5.74, 6) is 0.226. The Bertz CT molecular complexity index is 1500. The fraction of sp³-hybridized carbons (Fsp3) is 0.167. The van der Waals surface area contributed by atoms with E-state index in [2.05, 4.69) is 21.6 Å². The number of alkyl halides is 3. The number of benzene rings is 2. The first-order valence-electron chi connectivity index (χ1n) is 10.7. The Morgan fingerprint density at radius 3 is 2.68 bits per heavy atom. The van der Waals surface area contributed by atoms with Gasteiger partial charge in [0, 0.05) is 18.0 Å². The summed E-state index contributed by atoms with van der Waals surface area (Å²) in [5, 5.41) is 2.02. The molecule has 3 aromatic rings. The van der Waals surface area contributed by atoms with Crippen LogP contribution in [0.2, 0.25) is 5.02 Å². The van der Waals surface area contributed by atoms with Gasteiger partial charge in [0.15, 0.2) is 5.82 Å². The summed E-state index contributed by atoms with van der Waals surface area (Å²) < 4.78 is 74.2. The molecule has 194 valence electrons. The predicted octanol–water partition coefficient (Wildman–Crippen LogP) is 5.52. The summed E-state index contributed by atoms with van der Waals surface area (Å²) in [5.41, 5.74) is 0.419. The lowest BCUT2D eigenvalue weighted by Crippen LogP contribution is -2.30. The van der Waals surface area contributed by atoms with Crippen molar-refractivity contribution < 1.29 is 31.1 Å². The summed E-state index contributed by atoms with van der Waals surface area (Å²) in [6.07, 6.45) is -2.18. The molecular weight excluding hydrogens is 533 g/mol. The third kappa shape index (κ3) is 5.65. The van der Waals surface area contributed by atoms with Gasteiger partial charge in [-0.3, -0.25) is 9.52 Å². The van der Waals surface area contributed by atoms with E-state index in [0.29, 0.717) is 35.3 Å². The molecule has 0 atom stereocenters. The van der Waals surface area contributed by atoms with Gasteiger partial charge in [0.1, 0.15) is 12.4 Å². The molecule has 4 rings (SSSR count). The number of hydrogen-bond donors (Lipinski definition) is 2. The van der Waals surface area contributed by atoms with Crippen LogP contribution in [0.4, 0.5) is 36.1 Å². The maximum Gasteiger partial charge on any atom is 0.417 e. The third-order valence-corrected chi connectivity index (χ3v) is 7.03. The summed E-state index contributed by atoms with van der Waals surface area (Å²) in [6.45, 7) is 5.62. The number of amides is 1. The number of sulfonamides is 1. The Labute approximate surface area is 215 Å². The Balaban J connectivity index is 1.72. The van der Waals surface area contributed by atoms with Gasteiger partial charge in [-0.1, -0.05) is 18.2 Å². The molecule has 37 heavy (non-hydrogen) atoms. The van der Waals surface area contributed by atoms with Crippen LogP contribution in [0.15, 0.2) is 66.2 Å². The van der Waals surface area contributed by atoms with E-state index in [1.54, 1.807) is 30.0 Å². The molecule has 0 saturated carbocycles. The van der Waals surface area contributed by atoms with E-state index in [-0.39, 0.29) is 18.1 Å². The summed E-state index contributed by atoms with van der Waals surface area (Å²) in [7, 11) is -4.45. The molecule has 2 aromatic carbocycles. The summed E-state index contributed by atoms with van der Waals surface area (Å²) >= 11 is 5.64. The van der Waals surface area contributed by atoms with Crippen molar-refractivity contribution in [2.24, 2.45) is 0 Å². The molecule has 0 aliphatic carbocycles. The molecule has 0 radical (unpaired) electrons. The second-order valence-corrected chi connectivity index (χ2v) is 10.1. The van der Waals surface area contributed by atoms with Gasteiger partial charge >= 0.3 is 6.18 Å². The highest BCUT2D eigenvalue weighted by atomic mass is 35.5. The van der Waals surface area contributed by atoms with Crippen molar-refractivity contribution in [3.05, 3.63) is 77.5 Å². The van der Waals surface area contributed by atoms with Crippen molar-refractivity contribution in [2.75, 3.05) is 28.1 Å². The minimum atomic E-state index is -4.83. The van der Waals surface area contributed by atoms with Crippen LogP contribution < -0.4 is 19.7 Å². The zero-order valence-electron chi connectivity index (χ0n) is 19.3. The van der Waals surface area contributed by atoms with Crippen LogP contribution in [-0.4, -0.2) is 32.5 Å². The SMILES string of the molecule is C=CC(=O)Nc1ccc2c(c1)OCCN2c1ncc(C)cc1NS(=O)(=O)c1ccc(Cl)c(C(F)(F)F)c1. The predicted molar refractivity (Wildman–Crippen MR) is 134 cm³/mol. The highest BCUT2D eigenvalue weighted by Gasteiger charge is 2.35. The largest absolute Gasteiger partial charge is 0.489 e. The average molecular weight is 553 g/mol. The first kappa shape index (κ1) is 26.3. The number of carbonyl (C=O) groups excluding carboxylic acids is 1. The van der Waals surface area contributed by atoms with Gasteiger partial charge < -0.3 is 15.0 Å². The number of hydrogen-bond acceptors (Lipinski definition) is 6. The number of nitrogens with zero attached hydrogens (tertiary/aromatic N) is 2. The molecule has 0 spiro atoms.